The van der Waals surface area contributed by atoms with Crippen LogP contribution in [0.25, 0.3) is 0 Å². The Bertz CT molecular complexity index is 2490. The van der Waals surface area contributed by atoms with Crippen LogP contribution in [0.4, 0.5) is 0 Å². The van der Waals surface area contributed by atoms with Gasteiger partial charge in [0.1, 0.15) is 11.5 Å². The summed E-state index contributed by atoms with van der Waals surface area (Å²) in [5, 5.41) is 17.7. The summed E-state index contributed by atoms with van der Waals surface area (Å²) in [7, 11) is -5.06. The first-order valence-corrected chi connectivity index (χ1v) is 27.7. The smallest absolute Gasteiger partial charge is 0.252 e. The maximum absolute atomic E-state index is 12.9. The summed E-state index contributed by atoms with van der Waals surface area (Å²) in [4.78, 5) is 34.5. The van der Waals surface area contributed by atoms with Crippen molar-refractivity contribution in [3.63, 3.8) is 0 Å². The van der Waals surface area contributed by atoms with E-state index in [1.54, 1.807) is 62.0 Å². The highest BCUT2D eigenvalue weighted by molar-refractivity contribution is 14.1. The Morgan fingerprint density at radius 2 is 1.09 bits per heavy atom. The molecule has 2 saturated heterocycles. The quantitative estimate of drug-likeness (QED) is 0.0764. The number of nitrogens with one attached hydrogen (secondary N) is 2. The predicted molar refractivity (Wildman–Crippen MR) is 279 cm³/mol. The molecule has 0 spiro atoms. The van der Waals surface area contributed by atoms with Crippen molar-refractivity contribution in [3.05, 3.63) is 116 Å². The minimum atomic E-state index is -3.33. The van der Waals surface area contributed by atoms with E-state index < -0.39 is 30.9 Å². The zero-order valence-corrected chi connectivity index (χ0v) is 44.1. The third kappa shape index (κ3) is 15.5. The lowest BCUT2D eigenvalue weighted by molar-refractivity contribution is 0.0924. The van der Waals surface area contributed by atoms with E-state index in [0.29, 0.717) is 84.4 Å². The molecule has 2 fully saturated rings. The summed E-state index contributed by atoms with van der Waals surface area (Å²) >= 11 is 26.5. The molecule has 2 aromatic heterocycles. The van der Waals surface area contributed by atoms with Gasteiger partial charge >= 0.3 is 0 Å². The fourth-order valence-corrected chi connectivity index (χ4v) is 12.0. The summed E-state index contributed by atoms with van der Waals surface area (Å²) in [6.07, 6.45) is 6.19. The number of amides is 2. The SMILES string of the molecule is C.CCCS(=O)(=O)N1CCC(CNC(=O)c2ccc(Cl)cc2Cl)(c2ncccc2O)CC1.CCCS(=O)(=O)N1CCC(CNC(=O)c2ccc(Cl)cc2Cl)(c2ncccc2O[11CH3])CC1.C[11CH2]I. The molecule has 4 heterocycles. The van der Waals surface area contributed by atoms with Crippen LogP contribution >= 0.6 is 69.0 Å². The van der Waals surface area contributed by atoms with Crippen LogP contribution in [0.1, 0.15) is 98.8 Å². The van der Waals surface area contributed by atoms with Crippen molar-refractivity contribution in [2.24, 2.45) is 0 Å². The van der Waals surface area contributed by atoms with Crippen LogP contribution in [0.3, 0.4) is 0 Å². The van der Waals surface area contributed by atoms with Crippen LogP contribution in [0.2, 0.25) is 20.1 Å². The molecule has 4 aromatic rings. The minimum absolute atomic E-state index is 0. The lowest BCUT2D eigenvalue weighted by Gasteiger charge is -2.41. The number of aromatic hydroxyl groups is 1. The van der Waals surface area contributed by atoms with Crippen molar-refractivity contribution in [2.75, 3.05) is 62.3 Å². The van der Waals surface area contributed by atoms with Crippen molar-refractivity contribution < 1.29 is 36.3 Å². The number of piperidine rings is 2. The van der Waals surface area contributed by atoms with Gasteiger partial charge in [-0.05, 0) is 104 Å². The highest BCUT2D eigenvalue weighted by Gasteiger charge is 2.44. The van der Waals surface area contributed by atoms with Gasteiger partial charge in [-0.25, -0.2) is 25.4 Å². The van der Waals surface area contributed by atoms with Crippen LogP contribution in [-0.2, 0) is 30.9 Å². The Morgan fingerprint density at radius 1 is 0.701 bits per heavy atom. The number of rotatable bonds is 15. The second-order valence-corrected chi connectivity index (χ2v) is 23.2. The van der Waals surface area contributed by atoms with Crippen LogP contribution in [0.5, 0.6) is 11.5 Å². The standard InChI is InChI=1S/C22H27Cl2N3O4S.C21H25Cl2N3O4S.C2H5I.CH4/c1-3-13-32(29,30)27-11-8-22(9-12-27,20-19(31-2)5-4-10-25-20)15-26-21(28)17-7-6-16(23)14-18(17)24;1-2-12-31(29,30)26-10-7-21(8-11-26,19-18(27)4-3-9-24-19)14-25-20(28)16-6-5-15(22)13-17(16)23;1-2-3;/h4-7,10,14H,3,8-9,11-13,15H2,1-2H3,(H,26,28);3-6,9,13,27H,2,7-8,10-12,14H2,1H3,(H,25,28);2H2,1H3;1H4/i2-1;;2-1;. The molecule has 14 nitrogen and oxygen atoms in total. The van der Waals surface area contributed by atoms with Gasteiger partial charge in [0, 0.05) is 72.5 Å². The molecule has 21 heteroatoms. The third-order valence-corrected chi connectivity index (χ3v) is 16.6. The molecule has 0 unspecified atom stereocenters. The molecule has 370 valence electrons. The zero-order chi connectivity index (χ0) is 48.7. The third-order valence-electron chi connectivity index (χ3n) is 11.4. The molecule has 0 aliphatic carbocycles. The second-order valence-electron chi connectivity index (χ2n) is 15.8. The van der Waals surface area contributed by atoms with Gasteiger partial charge in [0.25, 0.3) is 11.8 Å². The van der Waals surface area contributed by atoms with Gasteiger partial charge in [-0.1, -0.05) is 97.2 Å². The molecule has 2 aliphatic heterocycles. The van der Waals surface area contributed by atoms with E-state index in [1.807, 2.05) is 19.9 Å². The number of sulfonamides is 2. The molecule has 0 saturated carbocycles. The van der Waals surface area contributed by atoms with Crippen LogP contribution in [0.15, 0.2) is 73.1 Å². The first-order chi connectivity index (χ1) is 31.3. The summed E-state index contributed by atoms with van der Waals surface area (Å²) in [6, 6.07) is 16.1. The number of methoxy groups -OCH3 is 1. The van der Waals surface area contributed by atoms with E-state index >= 15 is 0 Å². The Balaban J connectivity index is 0.000000331. The van der Waals surface area contributed by atoms with E-state index in [-0.39, 0.29) is 78.3 Å². The molecule has 0 radical (unpaired) electrons. The van der Waals surface area contributed by atoms with Crippen molar-refractivity contribution in [1.29, 1.82) is 0 Å². The fraction of sp³-hybridized carbons (Fsp3) is 0.478. The van der Waals surface area contributed by atoms with Gasteiger partial charge in [0.2, 0.25) is 20.0 Å². The van der Waals surface area contributed by atoms with E-state index in [4.69, 9.17) is 51.1 Å². The number of carbonyl (C=O) groups excluding carboxylic acids is 2. The van der Waals surface area contributed by atoms with Crippen molar-refractivity contribution in [2.45, 2.75) is 77.6 Å². The summed E-state index contributed by atoms with van der Waals surface area (Å²) in [5.74, 6) is 0.140. The first-order valence-electron chi connectivity index (χ1n) is 21.4. The maximum atomic E-state index is 12.9. The predicted octanol–water partition coefficient (Wildman–Crippen LogP) is 9.58. The van der Waals surface area contributed by atoms with Gasteiger partial charge in [0.15, 0.2) is 0 Å². The van der Waals surface area contributed by atoms with Gasteiger partial charge in [0.05, 0.1) is 51.2 Å². The number of halogens is 5. The lowest BCUT2D eigenvalue weighted by atomic mass is 9.75. The number of aromatic nitrogens is 2. The molecule has 67 heavy (non-hydrogen) atoms. The highest BCUT2D eigenvalue weighted by atomic mass is 127. The number of hydrogen-bond acceptors (Lipinski definition) is 10. The Hall–Kier alpha value is -3.01. The van der Waals surface area contributed by atoms with E-state index in [1.165, 1.54) is 25.2 Å². The topological polar surface area (TPSA) is 188 Å². The van der Waals surface area contributed by atoms with Gasteiger partial charge < -0.3 is 20.5 Å². The molecular weight excluding hydrogens is 1100 g/mol. The van der Waals surface area contributed by atoms with E-state index in [2.05, 4.69) is 50.1 Å². The van der Waals surface area contributed by atoms with Crippen LogP contribution in [0, 0.1) is 0 Å². The van der Waals surface area contributed by atoms with Crippen LogP contribution in [-0.4, -0.2) is 115 Å². The maximum Gasteiger partial charge on any atom is 0.252 e. The molecule has 6 rings (SSSR count). The van der Waals surface area contributed by atoms with Gasteiger partial charge in [-0.3, -0.25) is 19.6 Å². The first kappa shape index (κ1) is 58.3. The van der Waals surface area contributed by atoms with Crippen molar-refractivity contribution in [1.82, 2.24) is 29.2 Å². The Morgan fingerprint density at radius 3 is 1.46 bits per heavy atom. The monoisotopic (exact) mass is 1150 g/mol. The number of hydrogen-bond donors (Lipinski definition) is 3. The Labute approximate surface area is 430 Å². The number of carbonyl (C=O) groups is 2. The highest BCUT2D eigenvalue weighted by Crippen LogP contribution is 2.41. The summed E-state index contributed by atoms with van der Waals surface area (Å²) in [6.45, 7) is 7.50. The minimum Gasteiger partial charge on any atom is -0.506 e. The van der Waals surface area contributed by atoms with Gasteiger partial charge in [-0.15, -0.1) is 0 Å². The van der Waals surface area contributed by atoms with Gasteiger partial charge in [-0.2, -0.15) is 0 Å². The number of nitrogens with zero attached hydrogens (tertiary/aromatic N) is 4. The number of benzene rings is 2. The molecular formula is C46H61Cl4IN6O8S2. The normalized spacial score (nSPS) is 15.9. The van der Waals surface area contributed by atoms with E-state index in [0.717, 1.165) is 0 Å². The molecule has 0 atom stereocenters. The molecule has 3 N–H and O–H groups in total. The fourth-order valence-electron chi connectivity index (χ4n) is 7.95. The summed E-state index contributed by atoms with van der Waals surface area (Å²) in [5.41, 5.74) is 0.469. The van der Waals surface area contributed by atoms with Crippen molar-refractivity contribution >= 4 is 101 Å². The number of alkyl halides is 1. The molecule has 2 aliphatic rings. The molecule has 2 amide bonds. The second kappa shape index (κ2) is 26.8. The Kier molecular flexibility index (Phi) is 23.3. The summed E-state index contributed by atoms with van der Waals surface area (Å²) < 4.78 is 59.9. The zero-order valence-electron chi connectivity index (χ0n) is 37.3. The molecule has 0 bridgehead atoms. The largest absolute Gasteiger partial charge is 0.506 e. The average Bonchev–Trinajstić information content (AvgIpc) is 3.28. The lowest BCUT2D eigenvalue weighted by Crippen LogP contribution is -2.51. The van der Waals surface area contributed by atoms with E-state index in [9.17, 15) is 31.5 Å². The number of pyridine rings is 2. The average molecular weight is 1160 g/mol. The van der Waals surface area contributed by atoms with Crippen LogP contribution < -0.4 is 15.4 Å². The van der Waals surface area contributed by atoms with Crippen molar-refractivity contribution in [3.8, 4) is 11.5 Å². The number of ether oxygens (including phenoxy) is 1. The molecule has 2 aromatic carbocycles.